The summed E-state index contributed by atoms with van der Waals surface area (Å²) in [6, 6.07) is 20.8. The molecule has 0 N–H and O–H groups in total. The fraction of sp³-hybridized carbons (Fsp3) is 0.0952. The van der Waals surface area contributed by atoms with Crippen molar-refractivity contribution in [3.8, 4) is 22.9 Å². The Morgan fingerprint density at radius 1 is 0.828 bits per heavy atom. The van der Waals surface area contributed by atoms with Crippen LogP contribution in [-0.2, 0) is 21.1 Å². The Morgan fingerprint density at radius 3 is 1.62 bits per heavy atom. The van der Waals surface area contributed by atoms with E-state index >= 15 is 0 Å². The van der Waals surface area contributed by atoms with E-state index in [9.17, 15) is 4.79 Å². The zero-order valence-corrected chi connectivity index (χ0v) is 17.9. The molecule has 148 valence electrons. The molecule has 0 unspecified atom stereocenters. The molecule has 0 radical (unpaired) electrons. The molecule has 0 aliphatic carbocycles. The molecule has 0 saturated heterocycles. The number of methoxy groups -OCH3 is 2. The molecule has 2 aromatic heterocycles. The molecule has 0 atom stereocenters. The van der Waals surface area contributed by atoms with Gasteiger partial charge in [0.15, 0.2) is 22.9 Å². The minimum absolute atomic E-state index is 0. The maximum atomic E-state index is 13.2. The fourth-order valence-corrected chi connectivity index (χ4v) is 2.74. The summed E-state index contributed by atoms with van der Waals surface area (Å²) >= 11 is 0. The van der Waals surface area contributed by atoms with E-state index in [2.05, 4.69) is 22.3 Å². The van der Waals surface area contributed by atoms with Gasteiger partial charge in [-0.15, -0.1) is 12.1 Å². The molecule has 2 aromatic carbocycles. The normalized spacial score (nSPS) is 10.3. The number of hydrogen-bond donors (Lipinski definition) is 0. The third kappa shape index (κ3) is 4.00. The van der Waals surface area contributed by atoms with Gasteiger partial charge in [-0.25, -0.2) is 0 Å². The number of nitrogens with zero attached hydrogens (tertiary/aromatic N) is 4. The van der Waals surface area contributed by atoms with Crippen LogP contribution < -0.4 is 9.47 Å². The predicted octanol–water partition coefficient (Wildman–Crippen LogP) is 2.90. The SMILES string of the molecule is COc1cn(-c2[c-]cccc2)nc1C(=O)c1nn(-c2[c-]cccc2)cc1OC.[Pt+2]. The second-order valence-electron chi connectivity index (χ2n) is 5.81. The maximum Gasteiger partial charge on any atom is 2.00 e. The molecular weight excluding hydrogens is 551 g/mol. The molecule has 0 saturated carbocycles. The van der Waals surface area contributed by atoms with E-state index in [1.54, 1.807) is 33.9 Å². The summed E-state index contributed by atoms with van der Waals surface area (Å²) in [4.78, 5) is 13.2. The average Bonchev–Trinajstić information content (AvgIpc) is 3.39. The van der Waals surface area contributed by atoms with Crippen LogP contribution in [0.1, 0.15) is 16.2 Å². The van der Waals surface area contributed by atoms with Crippen LogP contribution in [0.3, 0.4) is 0 Å². The number of hydrogen-bond acceptors (Lipinski definition) is 5. The van der Waals surface area contributed by atoms with Gasteiger partial charge in [0.2, 0.25) is 5.78 Å². The maximum absolute atomic E-state index is 13.2. The van der Waals surface area contributed by atoms with Crippen LogP contribution in [0.15, 0.2) is 60.9 Å². The number of carbonyl (C=O) groups excluding carboxylic acids is 1. The van der Waals surface area contributed by atoms with Gasteiger partial charge in [-0.2, -0.15) is 58.7 Å². The van der Waals surface area contributed by atoms with Crippen molar-refractivity contribution in [2.75, 3.05) is 14.2 Å². The molecule has 0 spiro atoms. The van der Waals surface area contributed by atoms with Crippen molar-refractivity contribution in [1.29, 1.82) is 0 Å². The van der Waals surface area contributed by atoms with Crippen LogP contribution in [0.5, 0.6) is 11.5 Å². The summed E-state index contributed by atoms with van der Waals surface area (Å²) < 4.78 is 13.8. The molecule has 0 bridgehead atoms. The second kappa shape index (κ2) is 8.88. The molecule has 4 aromatic rings. The van der Waals surface area contributed by atoms with Gasteiger partial charge in [0.05, 0.1) is 26.6 Å². The van der Waals surface area contributed by atoms with Gasteiger partial charge >= 0.3 is 21.1 Å². The van der Waals surface area contributed by atoms with Gasteiger partial charge in [-0.05, 0) is 11.4 Å². The minimum Gasteiger partial charge on any atom is -0.493 e. The summed E-state index contributed by atoms with van der Waals surface area (Å²) in [5.74, 6) is 0.272. The zero-order chi connectivity index (χ0) is 19.5. The Bertz CT molecular complexity index is 1020. The van der Waals surface area contributed by atoms with Crippen molar-refractivity contribution in [2.45, 2.75) is 0 Å². The second-order valence-corrected chi connectivity index (χ2v) is 5.81. The van der Waals surface area contributed by atoms with Crippen molar-refractivity contribution < 1.29 is 35.3 Å². The first-order valence-corrected chi connectivity index (χ1v) is 8.47. The summed E-state index contributed by atoms with van der Waals surface area (Å²) in [6.45, 7) is 0. The van der Waals surface area contributed by atoms with E-state index in [1.165, 1.54) is 14.2 Å². The molecule has 0 aliphatic rings. The fourth-order valence-electron chi connectivity index (χ4n) is 2.74. The number of ketones is 1. The number of para-hydroxylation sites is 2. The first kappa shape index (κ1) is 20.5. The van der Waals surface area contributed by atoms with Gasteiger partial charge in [0.1, 0.15) is 0 Å². The van der Waals surface area contributed by atoms with E-state index in [1.807, 2.05) is 36.4 Å². The van der Waals surface area contributed by atoms with Crippen LogP contribution >= 0.6 is 0 Å². The average molecular weight is 567 g/mol. The molecule has 0 aliphatic heterocycles. The van der Waals surface area contributed by atoms with Crippen molar-refractivity contribution in [3.63, 3.8) is 0 Å². The van der Waals surface area contributed by atoms with Crippen molar-refractivity contribution in [1.82, 2.24) is 19.6 Å². The number of aromatic nitrogens is 4. The van der Waals surface area contributed by atoms with E-state index in [-0.39, 0.29) is 32.5 Å². The first-order chi connectivity index (χ1) is 13.7. The first-order valence-electron chi connectivity index (χ1n) is 8.47. The molecular formula is C21H16N4O3Pt. The van der Waals surface area contributed by atoms with Crippen molar-refractivity contribution in [2.24, 2.45) is 0 Å². The molecule has 29 heavy (non-hydrogen) atoms. The monoisotopic (exact) mass is 567 g/mol. The molecule has 8 heteroatoms. The Kier molecular flexibility index (Phi) is 6.29. The van der Waals surface area contributed by atoms with E-state index in [0.717, 1.165) is 0 Å². The zero-order valence-electron chi connectivity index (χ0n) is 15.6. The van der Waals surface area contributed by atoms with Crippen LogP contribution in [0.2, 0.25) is 0 Å². The summed E-state index contributed by atoms with van der Waals surface area (Å²) in [5.41, 5.74) is 1.66. The topological polar surface area (TPSA) is 71.2 Å². The van der Waals surface area contributed by atoms with Crippen LogP contribution in [-0.4, -0.2) is 39.6 Å². The molecule has 0 amide bonds. The third-order valence-corrected chi connectivity index (χ3v) is 4.11. The van der Waals surface area contributed by atoms with Gasteiger partial charge in [0.25, 0.3) is 0 Å². The minimum atomic E-state index is -0.405. The summed E-state index contributed by atoms with van der Waals surface area (Å²) in [7, 11) is 2.98. The number of carbonyl (C=O) groups is 1. The smallest absolute Gasteiger partial charge is 0.493 e. The van der Waals surface area contributed by atoms with Gasteiger partial charge in [-0.1, -0.05) is 0 Å². The number of benzene rings is 2. The number of ether oxygens (including phenoxy) is 2. The quantitative estimate of drug-likeness (QED) is 0.265. The van der Waals surface area contributed by atoms with Gasteiger partial charge < -0.3 is 9.47 Å². The Hall–Kier alpha value is -3.18. The molecule has 7 nitrogen and oxygen atoms in total. The van der Waals surface area contributed by atoms with E-state index in [4.69, 9.17) is 9.47 Å². The molecule has 0 fully saturated rings. The summed E-state index contributed by atoms with van der Waals surface area (Å²) in [6.07, 6.45) is 3.26. The number of rotatable bonds is 6. The van der Waals surface area contributed by atoms with Crippen molar-refractivity contribution in [3.05, 3.63) is 84.4 Å². The van der Waals surface area contributed by atoms with Crippen LogP contribution in [0.25, 0.3) is 11.4 Å². The van der Waals surface area contributed by atoms with Gasteiger partial charge in [0, 0.05) is 0 Å². The Balaban J connectivity index is 0.00000240. The largest absolute Gasteiger partial charge is 2.00 e. The standard InChI is InChI=1S/C21H16N4O3.Pt/c1-27-17-13-24(15-9-5-3-6-10-15)22-19(17)21(26)20-18(28-2)14-25(23-20)16-11-7-4-8-12-16;/h3-9,11,13-14H,1-2H3;/q-2;+2. The Labute approximate surface area is 182 Å². The van der Waals surface area contributed by atoms with E-state index < -0.39 is 5.78 Å². The van der Waals surface area contributed by atoms with Crippen molar-refractivity contribution >= 4 is 5.78 Å². The van der Waals surface area contributed by atoms with Crippen LogP contribution in [0, 0.1) is 12.1 Å². The van der Waals surface area contributed by atoms with Crippen LogP contribution in [0.4, 0.5) is 0 Å². The predicted molar refractivity (Wildman–Crippen MR) is 101 cm³/mol. The van der Waals surface area contributed by atoms with Gasteiger partial charge in [-0.3, -0.25) is 14.2 Å². The third-order valence-electron chi connectivity index (χ3n) is 4.11. The Morgan fingerprint density at radius 2 is 1.28 bits per heavy atom. The van der Waals surface area contributed by atoms with E-state index in [0.29, 0.717) is 22.9 Å². The molecule has 4 rings (SSSR count). The summed E-state index contributed by atoms with van der Waals surface area (Å²) in [5, 5.41) is 8.77. The molecule has 2 heterocycles.